The van der Waals surface area contributed by atoms with Crippen molar-refractivity contribution in [2.45, 2.75) is 32.5 Å². The zero-order valence-corrected chi connectivity index (χ0v) is 23.3. The standard InChI is InChI=1S/C28H27ClF3N7O3/c1-2-21-24(37-10-8-33-9-11-37)26(41)39-27(35-25(36-39)17-3-6-22-16(13-17)7-12-42-22)38(21)15-23(40)34-20-5-4-18(14-19(20)29)28(30,31)32/h3-6,13-14,33H,2,7-12,15H2,1H3,(H,34,40). The Balaban J connectivity index is 1.43. The molecule has 1 amide bonds. The second-order valence-electron chi connectivity index (χ2n) is 10.1. The Morgan fingerprint density at radius 3 is 2.67 bits per heavy atom. The van der Waals surface area contributed by atoms with Crippen LogP contribution in [0.25, 0.3) is 17.2 Å². The van der Waals surface area contributed by atoms with Crippen LogP contribution in [0.5, 0.6) is 5.75 Å². The molecule has 2 aliphatic rings. The molecule has 0 aliphatic carbocycles. The molecule has 42 heavy (non-hydrogen) atoms. The lowest BCUT2D eigenvalue weighted by Gasteiger charge is -2.31. The Morgan fingerprint density at radius 1 is 1.17 bits per heavy atom. The summed E-state index contributed by atoms with van der Waals surface area (Å²) in [6.07, 6.45) is -3.40. The molecule has 14 heteroatoms. The summed E-state index contributed by atoms with van der Waals surface area (Å²) in [6.45, 7) is 4.76. The van der Waals surface area contributed by atoms with E-state index in [4.69, 9.17) is 21.3 Å². The second-order valence-corrected chi connectivity index (χ2v) is 10.5. The molecule has 2 N–H and O–H groups in total. The molecule has 6 rings (SSSR count). The number of carbonyl (C=O) groups is 1. The van der Waals surface area contributed by atoms with Gasteiger partial charge in [0.1, 0.15) is 18.0 Å². The first kappa shape index (κ1) is 28.0. The van der Waals surface area contributed by atoms with Crippen LogP contribution < -0.4 is 25.8 Å². The molecule has 0 radical (unpaired) electrons. The number of nitrogens with zero attached hydrogens (tertiary/aromatic N) is 5. The van der Waals surface area contributed by atoms with Crippen molar-refractivity contribution in [1.82, 2.24) is 24.5 Å². The number of piperazine rings is 1. The van der Waals surface area contributed by atoms with E-state index in [0.717, 1.165) is 35.9 Å². The smallest absolute Gasteiger partial charge is 0.416 e. The number of alkyl halides is 3. The molecule has 2 aromatic heterocycles. The van der Waals surface area contributed by atoms with Gasteiger partial charge in [0.25, 0.3) is 5.56 Å². The van der Waals surface area contributed by atoms with Crippen LogP contribution in [0.3, 0.4) is 0 Å². The first-order valence-electron chi connectivity index (χ1n) is 13.5. The molecule has 0 atom stereocenters. The third-order valence-electron chi connectivity index (χ3n) is 7.41. The zero-order valence-electron chi connectivity index (χ0n) is 22.6. The normalized spacial score (nSPS) is 15.1. The minimum Gasteiger partial charge on any atom is -0.493 e. The molecule has 0 bridgehead atoms. The van der Waals surface area contributed by atoms with Crippen molar-refractivity contribution in [3.05, 3.63) is 68.6 Å². The SMILES string of the molecule is CCc1c(N2CCNCC2)c(=O)n2nc(-c3ccc4c(c3)CCO4)nc2n1CC(=O)Nc1ccc(C(F)(F)F)cc1Cl. The van der Waals surface area contributed by atoms with Crippen LogP contribution in [0.2, 0.25) is 5.02 Å². The van der Waals surface area contributed by atoms with Gasteiger partial charge in [0.15, 0.2) is 5.82 Å². The van der Waals surface area contributed by atoms with Gasteiger partial charge in [-0.25, -0.2) is 0 Å². The summed E-state index contributed by atoms with van der Waals surface area (Å²) in [4.78, 5) is 33.9. The van der Waals surface area contributed by atoms with E-state index in [0.29, 0.717) is 62.0 Å². The predicted octanol–water partition coefficient (Wildman–Crippen LogP) is 3.78. The van der Waals surface area contributed by atoms with Crippen LogP contribution in [-0.4, -0.2) is 57.9 Å². The number of amides is 1. The number of anilines is 2. The van der Waals surface area contributed by atoms with E-state index >= 15 is 0 Å². The highest BCUT2D eigenvalue weighted by Crippen LogP contribution is 2.34. The molecule has 10 nitrogen and oxygen atoms in total. The highest BCUT2D eigenvalue weighted by Gasteiger charge is 2.31. The van der Waals surface area contributed by atoms with Crippen LogP contribution in [-0.2, 0) is 30.4 Å². The van der Waals surface area contributed by atoms with Gasteiger partial charge in [-0.15, -0.1) is 5.10 Å². The molecule has 2 aromatic carbocycles. The van der Waals surface area contributed by atoms with Crippen molar-refractivity contribution < 1.29 is 22.7 Å². The summed E-state index contributed by atoms with van der Waals surface area (Å²) in [6, 6.07) is 8.34. The van der Waals surface area contributed by atoms with Crippen molar-refractivity contribution in [2.24, 2.45) is 0 Å². The summed E-state index contributed by atoms with van der Waals surface area (Å²) >= 11 is 6.08. The topological polar surface area (TPSA) is 106 Å². The van der Waals surface area contributed by atoms with Crippen molar-refractivity contribution in [2.75, 3.05) is 43.0 Å². The lowest BCUT2D eigenvalue weighted by molar-refractivity contribution is -0.137. The highest BCUT2D eigenvalue weighted by atomic mass is 35.5. The Bertz CT molecular complexity index is 1750. The van der Waals surface area contributed by atoms with Gasteiger partial charge in [-0.2, -0.15) is 22.7 Å². The van der Waals surface area contributed by atoms with Gasteiger partial charge >= 0.3 is 6.18 Å². The Labute approximate surface area is 243 Å². The van der Waals surface area contributed by atoms with Gasteiger partial charge in [0.05, 0.1) is 28.6 Å². The molecule has 2 aliphatic heterocycles. The highest BCUT2D eigenvalue weighted by molar-refractivity contribution is 6.33. The summed E-state index contributed by atoms with van der Waals surface area (Å²) in [5.74, 6) is 0.745. The van der Waals surface area contributed by atoms with Crippen molar-refractivity contribution in [3.63, 3.8) is 0 Å². The molecule has 4 aromatic rings. The lowest BCUT2D eigenvalue weighted by atomic mass is 10.1. The van der Waals surface area contributed by atoms with Crippen LogP contribution in [0.15, 0.2) is 41.2 Å². The number of rotatable bonds is 6. The number of fused-ring (bicyclic) bond motifs is 2. The lowest BCUT2D eigenvalue weighted by Crippen LogP contribution is -2.47. The summed E-state index contributed by atoms with van der Waals surface area (Å²) < 4.78 is 47.7. The molecule has 0 saturated carbocycles. The number of carbonyl (C=O) groups excluding carboxylic acids is 1. The molecule has 4 heterocycles. The summed E-state index contributed by atoms with van der Waals surface area (Å²) in [5, 5.41) is 10.2. The fraction of sp³-hybridized carbons (Fsp3) is 0.357. The number of hydrogen-bond acceptors (Lipinski definition) is 7. The number of hydrogen-bond donors (Lipinski definition) is 2. The van der Waals surface area contributed by atoms with Gasteiger partial charge in [-0.05, 0) is 48.4 Å². The van der Waals surface area contributed by atoms with Crippen LogP contribution in [0, 0.1) is 0 Å². The van der Waals surface area contributed by atoms with Crippen LogP contribution in [0.1, 0.15) is 23.7 Å². The molecular weight excluding hydrogens is 575 g/mol. The van der Waals surface area contributed by atoms with Crippen LogP contribution in [0.4, 0.5) is 24.5 Å². The van der Waals surface area contributed by atoms with E-state index in [9.17, 15) is 22.8 Å². The zero-order chi connectivity index (χ0) is 29.6. The van der Waals surface area contributed by atoms with Crippen molar-refractivity contribution >= 4 is 34.7 Å². The van der Waals surface area contributed by atoms with Gasteiger partial charge in [0.2, 0.25) is 11.7 Å². The third kappa shape index (κ3) is 5.18. The third-order valence-corrected chi connectivity index (χ3v) is 7.73. The monoisotopic (exact) mass is 601 g/mol. The van der Waals surface area contributed by atoms with E-state index in [1.807, 2.05) is 30.0 Å². The largest absolute Gasteiger partial charge is 0.493 e. The first-order valence-corrected chi connectivity index (χ1v) is 13.9. The first-order chi connectivity index (χ1) is 20.1. The maximum Gasteiger partial charge on any atom is 0.416 e. The molecule has 1 saturated heterocycles. The van der Waals surface area contributed by atoms with Gasteiger partial charge in [-0.3, -0.25) is 9.59 Å². The fourth-order valence-electron chi connectivity index (χ4n) is 5.39. The van der Waals surface area contributed by atoms with E-state index in [1.165, 1.54) is 4.52 Å². The van der Waals surface area contributed by atoms with E-state index in [1.54, 1.807) is 4.57 Å². The van der Waals surface area contributed by atoms with Crippen LogP contribution >= 0.6 is 11.6 Å². The molecule has 0 spiro atoms. The van der Waals surface area contributed by atoms with E-state index in [2.05, 4.69) is 15.7 Å². The van der Waals surface area contributed by atoms with E-state index < -0.39 is 17.6 Å². The number of benzene rings is 2. The predicted molar refractivity (Wildman–Crippen MR) is 151 cm³/mol. The van der Waals surface area contributed by atoms with Crippen molar-refractivity contribution in [3.8, 4) is 17.1 Å². The average molecular weight is 602 g/mol. The Morgan fingerprint density at radius 2 is 1.95 bits per heavy atom. The minimum atomic E-state index is -4.57. The molecule has 0 unspecified atom stereocenters. The fourth-order valence-corrected chi connectivity index (χ4v) is 5.62. The number of halogens is 4. The van der Waals surface area contributed by atoms with Gasteiger partial charge < -0.3 is 24.8 Å². The van der Waals surface area contributed by atoms with E-state index in [-0.39, 0.29) is 28.6 Å². The molecule has 220 valence electrons. The Hall–Kier alpha value is -4.10. The number of nitrogens with one attached hydrogen (secondary N) is 2. The Kier molecular flexibility index (Phi) is 7.31. The maximum absolute atomic E-state index is 13.9. The number of aromatic nitrogens is 4. The second kappa shape index (κ2) is 11.0. The van der Waals surface area contributed by atoms with Gasteiger partial charge in [-0.1, -0.05) is 18.5 Å². The number of ether oxygens (including phenoxy) is 1. The van der Waals surface area contributed by atoms with Gasteiger partial charge in [0, 0.05) is 38.2 Å². The summed E-state index contributed by atoms with van der Waals surface area (Å²) in [7, 11) is 0. The molecular formula is C28H27ClF3N7O3. The quantitative estimate of drug-likeness (QED) is 0.347. The van der Waals surface area contributed by atoms with Crippen molar-refractivity contribution in [1.29, 1.82) is 0 Å². The minimum absolute atomic E-state index is 0.0367. The molecule has 1 fully saturated rings. The average Bonchev–Trinajstić information content (AvgIpc) is 3.63. The maximum atomic E-state index is 13.9. The summed E-state index contributed by atoms with van der Waals surface area (Å²) in [5.41, 5.74) is 1.54.